The highest BCUT2D eigenvalue weighted by atomic mass is 35.5. The summed E-state index contributed by atoms with van der Waals surface area (Å²) >= 11 is 14.3. The summed E-state index contributed by atoms with van der Waals surface area (Å²) in [5.41, 5.74) is 2.67. The van der Waals surface area contributed by atoms with Gasteiger partial charge < -0.3 is 28.2 Å². The van der Waals surface area contributed by atoms with Gasteiger partial charge in [0.25, 0.3) is 11.1 Å². The van der Waals surface area contributed by atoms with Gasteiger partial charge >= 0.3 is 0 Å². The number of aromatic nitrogens is 2. The number of carbonyl (C=O) groups excluding carboxylic acids is 1. The molecule has 4 aliphatic rings. The van der Waals surface area contributed by atoms with Crippen LogP contribution in [0.25, 0.3) is 21.5 Å². The van der Waals surface area contributed by atoms with E-state index in [1.165, 1.54) is 17.4 Å². The highest BCUT2D eigenvalue weighted by Crippen LogP contribution is 2.46. The Bertz CT molecular complexity index is 2010. The number of rotatable bonds is 12. The minimum atomic E-state index is -3.72. The number of thiazole rings is 1. The molecule has 8 rings (SSSR count). The van der Waals surface area contributed by atoms with Gasteiger partial charge in [-0.25, -0.2) is 13.1 Å². The molecule has 0 bridgehead atoms. The third-order valence-electron chi connectivity index (χ3n) is 8.89. The second-order valence-corrected chi connectivity index (χ2v) is 16.8. The first-order chi connectivity index (χ1) is 23.6. The first-order valence-electron chi connectivity index (χ1n) is 16.2. The van der Waals surface area contributed by atoms with Gasteiger partial charge in [-0.1, -0.05) is 45.8 Å². The summed E-state index contributed by atoms with van der Waals surface area (Å²) in [6.45, 7) is 4.49. The predicted octanol–water partition coefficient (Wildman–Crippen LogP) is 6.28. The van der Waals surface area contributed by atoms with Crippen molar-refractivity contribution in [3.63, 3.8) is 0 Å². The van der Waals surface area contributed by atoms with E-state index in [2.05, 4.69) is 14.9 Å². The van der Waals surface area contributed by atoms with Crippen molar-refractivity contribution in [2.24, 2.45) is 0 Å². The lowest BCUT2D eigenvalue weighted by atomic mass is 10.0. The van der Waals surface area contributed by atoms with Gasteiger partial charge in [0.05, 0.1) is 45.9 Å². The van der Waals surface area contributed by atoms with Gasteiger partial charge in [-0.05, 0) is 63.8 Å². The third-order valence-corrected chi connectivity index (χ3v) is 12.2. The highest BCUT2D eigenvalue weighted by molar-refractivity contribution is 7.91. The van der Waals surface area contributed by atoms with Crippen molar-refractivity contribution in [3.8, 4) is 22.2 Å². The molecule has 1 amide bonds. The Morgan fingerprint density at radius 3 is 2.47 bits per heavy atom. The van der Waals surface area contributed by atoms with Gasteiger partial charge in [0.15, 0.2) is 6.10 Å². The fourth-order valence-electron chi connectivity index (χ4n) is 6.19. The topological polar surface area (TPSA) is 148 Å². The molecule has 4 aromatic rings. The van der Waals surface area contributed by atoms with Crippen molar-refractivity contribution in [1.82, 2.24) is 14.9 Å². The van der Waals surface area contributed by atoms with Crippen molar-refractivity contribution in [2.45, 2.75) is 87.8 Å². The quantitative estimate of drug-likeness (QED) is 0.175. The maximum absolute atomic E-state index is 13.0. The molecule has 2 saturated carbocycles. The van der Waals surface area contributed by atoms with E-state index in [0.717, 1.165) is 24.2 Å². The minimum Gasteiger partial charge on any atom is -0.489 e. The monoisotopic (exact) mass is 749 g/mol. The molecule has 16 heteroatoms. The summed E-state index contributed by atoms with van der Waals surface area (Å²) in [6.07, 6.45) is 1.30. The van der Waals surface area contributed by atoms with Crippen molar-refractivity contribution in [1.29, 1.82) is 0 Å². The van der Waals surface area contributed by atoms with Crippen LogP contribution in [-0.4, -0.2) is 73.4 Å². The van der Waals surface area contributed by atoms with Crippen LogP contribution < -0.4 is 14.2 Å². The maximum atomic E-state index is 13.0. The van der Waals surface area contributed by atoms with Crippen LogP contribution in [0.3, 0.4) is 0 Å². The van der Waals surface area contributed by atoms with Crippen LogP contribution in [0.1, 0.15) is 67.1 Å². The number of hydrogen-bond acceptors (Lipinski definition) is 12. The number of ether oxygens (including phenoxy) is 5. The molecule has 49 heavy (non-hydrogen) atoms. The molecule has 260 valence electrons. The number of halogens is 2. The van der Waals surface area contributed by atoms with E-state index in [-0.39, 0.29) is 43.0 Å². The van der Waals surface area contributed by atoms with Crippen LogP contribution in [0.4, 0.5) is 0 Å². The van der Waals surface area contributed by atoms with Gasteiger partial charge in [-0.15, -0.1) is 0 Å². The molecule has 2 aromatic heterocycles. The highest BCUT2D eigenvalue weighted by Gasteiger charge is 2.50. The molecule has 0 radical (unpaired) electrons. The lowest BCUT2D eigenvalue weighted by molar-refractivity contribution is -0.0428. The van der Waals surface area contributed by atoms with E-state index >= 15 is 0 Å². The summed E-state index contributed by atoms with van der Waals surface area (Å²) in [4.78, 5) is 17.6. The number of fused-ring (bicyclic) bond motifs is 2. The van der Waals surface area contributed by atoms with Gasteiger partial charge in [0.1, 0.15) is 41.0 Å². The number of nitrogens with one attached hydrogen (secondary N) is 1. The van der Waals surface area contributed by atoms with E-state index in [0.29, 0.717) is 61.9 Å². The molecule has 4 atom stereocenters. The van der Waals surface area contributed by atoms with E-state index < -0.39 is 33.4 Å². The fraction of sp³-hybridized carbons (Fsp3) is 0.485. The molecule has 2 aliphatic carbocycles. The lowest BCUT2D eigenvalue weighted by Crippen LogP contribution is -2.35. The zero-order valence-corrected chi connectivity index (χ0v) is 29.7. The second-order valence-electron chi connectivity index (χ2n) is 13.0. The van der Waals surface area contributed by atoms with Crippen LogP contribution in [0.2, 0.25) is 10.0 Å². The lowest BCUT2D eigenvalue weighted by Gasteiger charge is -2.17. The second kappa shape index (κ2) is 13.0. The van der Waals surface area contributed by atoms with Crippen LogP contribution in [0.5, 0.6) is 10.9 Å². The molecular formula is C33H33Cl2N3O9S2. The van der Waals surface area contributed by atoms with Gasteiger partial charge in [-0.2, -0.15) is 4.98 Å². The Kier molecular flexibility index (Phi) is 8.78. The number of benzene rings is 2. The first kappa shape index (κ1) is 33.2. The molecule has 2 aliphatic heterocycles. The molecule has 0 unspecified atom stereocenters. The van der Waals surface area contributed by atoms with Gasteiger partial charge in [-0.3, -0.25) is 4.79 Å². The molecule has 1 N–H and O–H groups in total. The van der Waals surface area contributed by atoms with Gasteiger partial charge in [0, 0.05) is 22.6 Å². The molecule has 2 saturated heterocycles. The van der Waals surface area contributed by atoms with Crippen LogP contribution in [0, 0.1) is 0 Å². The van der Waals surface area contributed by atoms with Crippen molar-refractivity contribution >= 4 is 60.7 Å². The van der Waals surface area contributed by atoms with Crippen LogP contribution in [0.15, 0.2) is 34.9 Å². The minimum absolute atomic E-state index is 0.156. The SMILES string of the molecule is CC(C)Oc1cc(C(=O)NS(=O)(=O)C2CC2)cc2sc(O[C@@H]3CO[C@H]4[C@@H]3OC[C@H]4OCc3c(-c4c(Cl)cccc4Cl)noc3C3CC3)nc12. The molecule has 2 aromatic carbocycles. The van der Waals surface area contributed by atoms with Crippen LogP contribution in [-0.2, 0) is 30.8 Å². The average Bonchev–Trinajstić information content (AvgIpc) is 3.92. The Morgan fingerprint density at radius 2 is 1.78 bits per heavy atom. The summed E-state index contributed by atoms with van der Waals surface area (Å²) in [5, 5.41) is 5.12. The Hall–Kier alpha value is -2.98. The molecule has 4 fully saturated rings. The number of nitrogens with zero attached hydrogens (tertiary/aromatic N) is 2. The molecule has 4 heterocycles. The van der Waals surface area contributed by atoms with E-state index in [9.17, 15) is 13.2 Å². The van der Waals surface area contributed by atoms with Crippen LogP contribution >= 0.6 is 34.5 Å². The van der Waals surface area contributed by atoms with Crippen molar-refractivity contribution in [3.05, 3.63) is 57.3 Å². The third kappa shape index (κ3) is 6.64. The number of sulfonamides is 1. The first-order valence-corrected chi connectivity index (χ1v) is 19.3. The van der Waals surface area contributed by atoms with Gasteiger partial charge in [0.2, 0.25) is 10.0 Å². The molecular weight excluding hydrogens is 717 g/mol. The largest absolute Gasteiger partial charge is 0.489 e. The fourth-order valence-corrected chi connectivity index (χ4v) is 9.00. The molecule has 12 nitrogen and oxygen atoms in total. The Labute approximate surface area is 296 Å². The number of amides is 1. The maximum Gasteiger partial charge on any atom is 0.274 e. The van der Waals surface area contributed by atoms with E-state index in [1.807, 2.05) is 13.8 Å². The normalized spacial score (nSPS) is 23.7. The standard InChI is InChI=1S/C33H33Cl2N3O9S2/c1-15(2)45-22-10-17(32(39)38-49(40,41)18-8-9-18)11-25-28(22)36-33(48-25)46-24-14-44-30-23(13-43-31(24)30)42-12-19-27(37-47-29(19)16-6-7-16)26-20(34)4-3-5-21(26)35/h3-5,10-11,15-16,18,23-24,30-31H,6-9,12-14H2,1-2H3,(H,38,39)/t23-,24-,30-,31-/m1/s1. The zero-order chi connectivity index (χ0) is 34.0. The van der Waals surface area contributed by atoms with E-state index in [4.69, 9.17) is 51.4 Å². The summed E-state index contributed by atoms with van der Waals surface area (Å²) in [5.74, 6) is 0.719. The smallest absolute Gasteiger partial charge is 0.274 e. The number of hydrogen-bond donors (Lipinski definition) is 1. The summed E-state index contributed by atoms with van der Waals surface area (Å²) in [7, 11) is -3.72. The predicted molar refractivity (Wildman–Crippen MR) is 181 cm³/mol. The van der Waals surface area contributed by atoms with E-state index in [1.54, 1.807) is 24.3 Å². The number of carbonyl (C=O) groups is 1. The van der Waals surface area contributed by atoms with Crippen molar-refractivity contribution < 1.29 is 41.4 Å². The summed E-state index contributed by atoms with van der Waals surface area (Å²) < 4.78 is 64.4. The van der Waals surface area contributed by atoms with Crippen molar-refractivity contribution in [2.75, 3.05) is 13.2 Å². The zero-order valence-electron chi connectivity index (χ0n) is 26.5. The average molecular weight is 751 g/mol. The molecule has 0 spiro atoms. The summed E-state index contributed by atoms with van der Waals surface area (Å²) in [6, 6.07) is 8.42. The Morgan fingerprint density at radius 1 is 1.06 bits per heavy atom. The Balaban J connectivity index is 0.973.